The molecule has 1 aromatic heterocycles. The summed E-state index contributed by atoms with van der Waals surface area (Å²) in [4.78, 5) is 25.6. The van der Waals surface area contributed by atoms with Crippen molar-refractivity contribution in [1.82, 2.24) is 4.72 Å². The van der Waals surface area contributed by atoms with Gasteiger partial charge in [0.2, 0.25) is 10.0 Å². The van der Waals surface area contributed by atoms with Crippen LogP contribution in [0.1, 0.15) is 12.0 Å². The van der Waals surface area contributed by atoms with E-state index in [1.807, 2.05) is 24.3 Å². The van der Waals surface area contributed by atoms with E-state index in [4.69, 9.17) is 4.74 Å². The summed E-state index contributed by atoms with van der Waals surface area (Å²) in [7, 11) is -3.60. The predicted molar refractivity (Wildman–Crippen MR) is 97.6 cm³/mol. The third-order valence-electron chi connectivity index (χ3n) is 3.93. The number of carbonyl (C=O) groups is 2. The van der Waals surface area contributed by atoms with E-state index in [1.165, 1.54) is 6.07 Å². The van der Waals surface area contributed by atoms with E-state index in [1.54, 1.807) is 16.3 Å². The molecule has 138 valence electrons. The molecule has 1 N–H and O–H groups in total. The second-order valence-corrected chi connectivity index (χ2v) is 8.61. The molecule has 9 heteroatoms. The summed E-state index contributed by atoms with van der Waals surface area (Å²) in [6.45, 7) is 0.126. The van der Waals surface area contributed by atoms with Gasteiger partial charge in [-0.2, -0.15) is 0 Å². The second-order valence-electron chi connectivity index (χ2n) is 5.66. The molecule has 0 bridgehead atoms. The minimum atomic E-state index is -3.60. The van der Waals surface area contributed by atoms with E-state index in [0.717, 1.165) is 29.0 Å². The highest BCUT2D eigenvalue weighted by Crippen LogP contribution is 2.27. The molecule has 0 radical (unpaired) electrons. The Kier molecular flexibility index (Phi) is 5.70. The van der Waals surface area contributed by atoms with Crippen LogP contribution in [0.25, 0.3) is 0 Å². The number of carbonyl (C=O) groups excluding carboxylic acids is 2. The number of fused-ring (bicyclic) bond motifs is 1. The molecule has 1 aliphatic heterocycles. The first-order valence-electron chi connectivity index (χ1n) is 8.04. The first-order valence-corrected chi connectivity index (χ1v) is 10.4. The van der Waals surface area contributed by atoms with Gasteiger partial charge >= 0.3 is 5.97 Å². The average Bonchev–Trinajstić information content (AvgIpc) is 3.29. The first-order chi connectivity index (χ1) is 12.5. The van der Waals surface area contributed by atoms with Crippen molar-refractivity contribution in [2.75, 3.05) is 24.6 Å². The average molecular weight is 394 g/mol. The van der Waals surface area contributed by atoms with Gasteiger partial charge in [0.15, 0.2) is 6.61 Å². The Morgan fingerprint density at radius 1 is 1.19 bits per heavy atom. The molecule has 0 spiro atoms. The molecule has 3 rings (SSSR count). The Bertz CT molecular complexity index is 894. The van der Waals surface area contributed by atoms with Crippen molar-refractivity contribution < 1.29 is 22.7 Å². The fraction of sp³-hybridized carbons (Fsp3) is 0.294. The number of ether oxygens (including phenoxy) is 1. The van der Waals surface area contributed by atoms with Crippen LogP contribution in [0.4, 0.5) is 5.69 Å². The zero-order chi connectivity index (χ0) is 18.6. The lowest BCUT2D eigenvalue weighted by Gasteiger charge is -2.17. The topological polar surface area (TPSA) is 92.8 Å². The largest absolute Gasteiger partial charge is 0.456 e. The summed E-state index contributed by atoms with van der Waals surface area (Å²) in [5, 5.41) is 1.66. The standard InChI is InChI=1S/C17H18N2O5S2/c20-15(19-10-8-13-4-1-2-5-14(13)19)12-24-16(21)7-9-18-26(22,23)17-6-3-11-25-17/h1-6,11,18H,7-10,12H2. The number of esters is 1. The molecule has 0 aliphatic carbocycles. The maximum atomic E-state index is 12.2. The molecule has 0 unspecified atom stereocenters. The molecule has 7 nitrogen and oxygen atoms in total. The van der Waals surface area contributed by atoms with Crippen molar-refractivity contribution in [2.24, 2.45) is 0 Å². The zero-order valence-corrected chi connectivity index (χ0v) is 15.5. The van der Waals surface area contributed by atoms with Gasteiger partial charge in [-0.15, -0.1) is 11.3 Å². The Morgan fingerprint density at radius 2 is 2.00 bits per heavy atom. The fourth-order valence-electron chi connectivity index (χ4n) is 2.66. The van der Waals surface area contributed by atoms with Gasteiger partial charge in [-0.25, -0.2) is 13.1 Å². The third kappa shape index (κ3) is 4.29. The maximum absolute atomic E-state index is 12.2. The lowest BCUT2D eigenvalue weighted by Crippen LogP contribution is -2.33. The highest BCUT2D eigenvalue weighted by molar-refractivity contribution is 7.91. The lowest BCUT2D eigenvalue weighted by molar-refractivity contribution is -0.147. The van der Waals surface area contributed by atoms with Gasteiger partial charge in [-0.05, 0) is 29.5 Å². The Hall–Kier alpha value is -2.23. The van der Waals surface area contributed by atoms with Crippen molar-refractivity contribution in [2.45, 2.75) is 17.1 Å². The van der Waals surface area contributed by atoms with Gasteiger partial charge in [-0.1, -0.05) is 24.3 Å². The van der Waals surface area contributed by atoms with Crippen LogP contribution in [0.15, 0.2) is 46.0 Å². The molecular weight excluding hydrogens is 376 g/mol. The number of thiophene rings is 1. The number of rotatable bonds is 7. The van der Waals surface area contributed by atoms with Gasteiger partial charge in [0.05, 0.1) is 6.42 Å². The number of benzene rings is 1. The molecule has 0 saturated carbocycles. The van der Waals surface area contributed by atoms with Gasteiger partial charge in [0.25, 0.3) is 5.91 Å². The summed E-state index contributed by atoms with van der Waals surface area (Å²) in [5.41, 5.74) is 1.94. The normalized spacial score (nSPS) is 13.5. The van der Waals surface area contributed by atoms with E-state index in [9.17, 15) is 18.0 Å². The van der Waals surface area contributed by atoms with Gasteiger partial charge in [0, 0.05) is 18.8 Å². The third-order valence-corrected chi connectivity index (χ3v) is 6.78. The molecule has 1 aromatic carbocycles. The van der Waals surface area contributed by atoms with Gasteiger partial charge in [0.1, 0.15) is 4.21 Å². The predicted octanol–water partition coefficient (Wildman–Crippen LogP) is 1.55. The molecule has 1 aliphatic rings. The monoisotopic (exact) mass is 394 g/mol. The number of hydrogen-bond donors (Lipinski definition) is 1. The van der Waals surface area contributed by atoms with Crippen LogP contribution in [0.3, 0.4) is 0 Å². The molecule has 2 heterocycles. The summed E-state index contributed by atoms with van der Waals surface area (Å²) >= 11 is 1.09. The number of amides is 1. The number of anilines is 1. The highest BCUT2D eigenvalue weighted by Gasteiger charge is 2.24. The number of sulfonamides is 1. The van der Waals surface area contributed by atoms with E-state index >= 15 is 0 Å². The van der Waals surface area contributed by atoms with Crippen molar-refractivity contribution >= 4 is 38.9 Å². The Morgan fingerprint density at radius 3 is 2.77 bits per heavy atom. The molecule has 1 amide bonds. The van der Waals surface area contributed by atoms with Gasteiger partial charge in [-0.3, -0.25) is 9.59 Å². The number of nitrogens with zero attached hydrogens (tertiary/aromatic N) is 1. The van der Waals surface area contributed by atoms with Crippen LogP contribution in [-0.2, 0) is 30.8 Å². The van der Waals surface area contributed by atoms with E-state index in [2.05, 4.69) is 4.72 Å². The first kappa shape index (κ1) is 18.6. The van der Waals surface area contributed by atoms with Crippen LogP contribution in [0, 0.1) is 0 Å². The van der Waals surface area contributed by atoms with Crippen molar-refractivity contribution in [3.63, 3.8) is 0 Å². The van der Waals surface area contributed by atoms with Crippen LogP contribution in [0.2, 0.25) is 0 Å². The summed E-state index contributed by atoms with van der Waals surface area (Å²) in [6.07, 6.45) is 0.634. The number of hydrogen-bond acceptors (Lipinski definition) is 6. The van der Waals surface area contributed by atoms with Crippen LogP contribution in [0.5, 0.6) is 0 Å². The van der Waals surface area contributed by atoms with E-state index in [-0.39, 0.29) is 29.7 Å². The lowest BCUT2D eigenvalue weighted by atomic mass is 10.2. The summed E-state index contributed by atoms with van der Waals surface area (Å²) in [5.74, 6) is -0.915. The molecule has 0 saturated heterocycles. The Balaban J connectivity index is 1.43. The summed E-state index contributed by atoms with van der Waals surface area (Å²) < 4.78 is 31.3. The zero-order valence-electron chi connectivity index (χ0n) is 13.9. The highest BCUT2D eigenvalue weighted by atomic mass is 32.2. The van der Waals surface area contributed by atoms with Gasteiger partial charge < -0.3 is 9.64 Å². The molecular formula is C17H18N2O5S2. The maximum Gasteiger partial charge on any atom is 0.307 e. The fourth-order valence-corrected chi connectivity index (χ4v) is 4.73. The molecule has 2 aromatic rings. The number of nitrogens with one attached hydrogen (secondary N) is 1. The molecule has 0 atom stereocenters. The van der Waals surface area contributed by atoms with Crippen LogP contribution in [-0.4, -0.2) is 40.0 Å². The SMILES string of the molecule is O=C(CCNS(=O)(=O)c1cccs1)OCC(=O)N1CCc2ccccc21. The molecule has 0 fully saturated rings. The van der Waals surface area contributed by atoms with Crippen molar-refractivity contribution in [1.29, 1.82) is 0 Å². The van der Waals surface area contributed by atoms with E-state index in [0.29, 0.717) is 6.54 Å². The molecule has 26 heavy (non-hydrogen) atoms. The van der Waals surface area contributed by atoms with Crippen LogP contribution < -0.4 is 9.62 Å². The Labute approximate surface area is 155 Å². The minimum Gasteiger partial charge on any atom is -0.456 e. The van der Waals surface area contributed by atoms with Crippen LogP contribution >= 0.6 is 11.3 Å². The van der Waals surface area contributed by atoms with Crippen molar-refractivity contribution in [3.8, 4) is 0 Å². The quantitative estimate of drug-likeness (QED) is 0.720. The van der Waals surface area contributed by atoms with Crippen molar-refractivity contribution in [3.05, 3.63) is 47.3 Å². The summed E-state index contributed by atoms with van der Waals surface area (Å²) in [6, 6.07) is 10.7. The number of para-hydroxylation sites is 1. The second kappa shape index (κ2) is 7.98. The smallest absolute Gasteiger partial charge is 0.307 e. The minimum absolute atomic E-state index is 0.0835. The van der Waals surface area contributed by atoms with E-state index < -0.39 is 16.0 Å².